The number of para-hydroxylation sites is 3. The largest absolute Gasteiger partial charge is 0.345 e. The molecular formula is C99H108N6. The minimum atomic E-state index is 0.559. The molecule has 0 N–H and O–H groups in total. The van der Waals surface area contributed by atoms with Gasteiger partial charge >= 0.3 is 0 Å². The van der Waals surface area contributed by atoms with Crippen molar-refractivity contribution in [2.75, 3.05) is 35.8 Å². The highest BCUT2D eigenvalue weighted by molar-refractivity contribution is 6.12. The first-order valence-electron chi connectivity index (χ1n) is 39.0. The van der Waals surface area contributed by atoms with Crippen LogP contribution in [0, 0.1) is 11.8 Å². The van der Waals surface area contributed by atoms with E-state index >= 15 is 0 Å². The van der Waals surface area contributed by atoms with Gasteiger partial charge in [0.15, 0.2) is 0 Å². The monoisotopic (exact) mass is 1380 g/mol. The molecule has 0 spiro atoms. The van der Waals surface area contributed by atoms with E-state index in [1.165, 1.54) is 176 Å². The molecule has 0 saturated heterocycles. The molecule has 15 rings (SSSR count). The zero-order chi connectivity index (χ0) is 73.3. The molecule has 2 unspecified atom stereocenters. The second-order valence-corrected chi connectivity index (χ2v) is 30.2. The van der Waals surface area contributed by atoms with Crippen LogP contribution in [-0.2, 0) is 25.7 Å². The van der Waals surface area contributed by atoms with E-state index in [0.29, 0.717) is 23.7 Å². The Hall–Kier alpha value is -10.6. The van der Waals surface area contributed by atoms with E-state index in [1.807, 2.05) is 0 Å². The van der Waals surface area contributed by atoms with Crippen molar-refractivity contribution in [3.63, 3.8) is 0 Å². The van der Waals surface area contributed by atoms with Gasteiger partial charge in [-0.05, 0) is 290 Å². The molecule has 0 aliphatic carbocycles. The van der Waals surface area contributed by atoms with Crippen LogP contribution in [0.1, 0.15) is 153 Å². The van der Waals surface area contributed by atoms with Gasteiger partial charge in [0.25, 0.3) is 0 Å². The molecular weight excluding hydrogens is 1270 g/mol. The molecule has 0 saturated carbocycles. The standard InChI is InChI=1S/3C33H36N2/c1-23(2)19-25-11-17-32-30(21-25)31-22-26(20-24(3)4)12-18-33(31)35(32)29-15-13-28(14-16-29)34(5)27-9-7-6-8-10-27;1-6-23(3)25-13-19-32-30(21-25)31-22-26(24(4)7-2)14-20-33(31)35(32)29-17-15-28(16-18-29)34(5)27-11-9-8-10-12-27;1-4-6-11-25-15-21-32-30(23-25)31-24-26(12-7-5-2)16-22-33(31)35(32)29-19-17-28(18-20-29)34(3)27-13-9-8-10-14-27/h6-18,21-24H,19-20H2,1-5H3;8-24H,6-7H2,1-5H3;8-10,13-24H,4-7,11-12H2,1-3H3. The van der Waals surface area contributed by atoms with Gasteiger partial charge in [-0.15, -0.1) is 0 Å². The Balaban J connectivity index is 0.000000140. The Bertz CT molecular complexity index is 5170. The maximum atomic E-state index is 2.44. The molecule has 15 aromatic rings. The number of rotatable bonds is 23. The van der Waals surface area contributed by atoms with Crippen LogP contribution in [0.3, 0.4) is 0 Å². The third kappa shape index (κ3) is 15.9. The summed E-state index contributed by atoms with van der Waals surface area (Å²) in [5.74, 6) is 2.41. The summed E-state index contributed by atoms with van der Waals surface area (Å²) in [5.41, 5.74) is 27.0. The number of hydrogen-bond acceptors (Lipinski definition) is 3. The predicted molar refractivity (Wildman–Crippen MR) is 458 cm³/mol. The minimum absolute atomic E-state index is 0.559. The summed E-state index contributed by atoms with van der Waals surface area (Å²) in [7, 11) is 6.37. The van der Waals surface area contributed by atoms with E-state index in [2.05, 4.69) is 392 Å². The average molecular weight is 1380 g/mol. The normalized spacial score (nSPS) is 12.1. The lowest BCUT2D eigenvalue weighted by Gasteiger charge is -2.20. The number of aryl methyl sites for hydroxylation is 2. The first-order valence-corrected chi connectivity index (χ1v) is 39.0. The van der Waals surface area contributed by atoms with E-state index in [9.17, 15) is 0 Å². The summed E-state index contributed by atoms with van der Waals surface area (Å²) in [6.45, 7) is 22.9. The SMILES string of the molecule is CC(C)Cc1ccc2c(c1)c1cc(CC(C)C)ccc1n2-c1ccc(N(C)c2ccccc2)cc1.CCC(C)c1ccc2c(c1)c1cc(C(C)CC)ccc1n2-c1ccc(N(C)c2ccccc2)cc1.CCCCc1ccc2c(c1)c1cc(CCCC)ccc1n2-c1ccc(N(C)c2ccccc2)cc1. The van der Waals surface area contributed by atoms with Gasteiger partial charge in [-0.3, -0.25) is 0 Å². The fourth-order valence-electron chi connectivity index (χ4n) is 15.4. The van der Waals surface area contributed by atoms with E-state index in [4.69, 9.17) is 0 Å². The lowest BCUT2D eigenvalue weighted by molar-refractivity contribution is 0.647. The lowest BCUT2D eigenvalue weighted by Crippen LogP contribution is -2.09. The quantitative estimate of drug-likeness (QED) is 0.0638. The molecule has 0 aliphatic heterocycles. The Kier molecular flexibility index (Phi) is 22.9. The fourth-order valence-corrected chi connectivity index (χ4v) is 15.4. The fraction of sp³-hybridized carbons (Fsp3) is 0.273. The number of benzene rings is 12. The van der Waals surface area contributed by atoms with Crippen molar-refractivity contribution >= 4 is 99.5 Å². The number of aromatic nitrogens is 3. The zero-order valence-electron chi connectivity index (χ0n) is 64.5. The molecule has 0 fully saturated rings. The molecule has 0 aliphatic rings. The molecule has 0 amide bonds. The first kappa shape index (κ1) is 72.8. The van der Waals surface area contributed by atoms with Gasteiger partial charge in [0, 0.05) is 105 Å². The molecule has 0 radical (unpaired) electrons. The molecule has 6 heteroatoms. The molecule has 3 aromatic heterocycles. The molecule has 2 atom stereocenters. The van der Waals surface area contributed by atoms with Crippen LogP contribution >= 0.6 is 0 Å². The Morgan fingerprint density at radius 1 is 0.267 bits per heavy atom. The second kappa shape index (κ2) is 33.0. The lowest BCUT2D eigenvalue weighted by atomic mass is 9.95. The van der Waals surface area contributed by atoms with E-state index in [0.717, 1.165) is 38.5 Å². The highest BCUT2D eigenvalue weighted by atomic mass is 15.1. The summed E-state index contributed by atoms with van der Waals surface area (Å²) in [6.07, 6.45) is 11.7. The van der Waals surface area contributed by atoms with Crippen molar-refractivity contribution in [2.24, 2.45) is 11.8 Å². The van der Waals surface area contributed by atoms with E-state index in [1.54, 1.807) is 0 Å². The summed E-state index contributed by atoms with van der Waals surface area (Å²) in [4.78, 5) is 6.69. The average Bonchev–Trinajstić information content (AvgIpc) is 1.60. The molecule has 3 heterocycles. The van der Waals surface area contributed by atoms with Crippen LogP contribution in [0.5, 0.6) is 0 Å². The minimum Gasteiger partial charge on any atom is -0.345 e. The number of nitrogens with zero attached hydrogens (tertiary/aromatic N) is 6. The van der Waals surface area contributed by atoms with Crippen molar-refractivity contribution in [1.29, 1.82) is 0 Å². The van der Waals surface area contributed by atoms with Crippen molar-refractivity contribution in [1.82, 2.24) is 13.7 Å². The predicted octanol–water partition coefficient (Wildman–Crippen LogP) is 27.8. The number of hydrogen-bond donors (Lipinski definition) is 0. The van der Waals surface area contributed by atoms with Crippen LogP contribution in [0.15, 0.2) is 273 Å². The summed E-state index contributed by atoms with van der Waals surface area (Å²) >= 11 is 0. The van der Waals surface area contributed by atoms with Crippen LogP contribution < -0.4 is 14.7 Å². The molecule has 105 heavy (non-hydrogen) atoms. The third-order valence-electron chi connectivity index (χ3n) is 21.8. The molecule has 12 aromatic carbocycles. The first-order chi connectivity index (χ1) is 51.1. The van der Waals surface area contributed by atoms with Gasteiger partial charge in [-0.2, -0.15) is 0 Å². The molecule has 534 valence electrons. The van der Waals surface area contributed by atoms with Gasteiger partial charge in [-0.1, -0.05) is 173 Å². The van der Waals surface area contributed by atoms with Crippen molar-refractivity contribution in [3.8, 4) is 17.1 Å². The van der Waals surface area contributed by atoms with E-state index < -0.39 is 0 Å². The Morgan fingerprint density at radius 2 is 0.514 bits per heavy atom. The second-order valence-electron chi connectivity index (χ2n) is 30.2. The summed E-state index contributed by atoms with van der Waals surface area (Å²) < 4.78 is 7.29. The topological polar surface area (TPSA) is 24.5 Å². The number of anilines is 6. The van der Waals surface area contributed by atoms with Gasteiger partial charge in [0.1, 0.15) is 0 Å². The van der Waals surface area contributed by atoms with Crippen LogP contribution in [0.4, 0.5) is 34.1 Å². The highest BCUT2D eigenvalue weighted by Crippen LogP contribution is 2.41. The van der Waals surface area contributed by atoms with Crippen molar-refractivity contribution in [2.45, 2.75) is 145 Å². The smallest absolute Gasteiger partial charge is 0.0541 e. The van der Waals surface area contributed by atoms with Crippen LogP contribution in [0.25, 0.3) is 82.5 Å². The van der Waals surface area contributed by atoms with Crippen LogP contribution in [0.2, 0.25) is 0 Å². The Morgan fingerprint density at radius 3 is 0.781 bits per heavy atom. The van der Waals surface area contributed by atoms with Gasteiger partial charge < -0.3 is 28.4 Å². The van der Waals surface area contributed by atoms with Gasteiger partial charge in [-0.25, -0.2) is 0 Å². The third-order valence-corrected chi connectivity index (χ3v) is 21.8. The maximum absolute atomic E-state index is 2.44. The molecule has 6 nitrogen and oxygen atoms in total. The summed E-state index contributed by atoms with van der Waals surface area (Å²) in [6, 6.07) is 101. The van der Waals surface area contributed by atoms with Gasteiger partial charge in [0.2, 0.25) is 0 Å². The summed E-state index contributed by atoms with van der Waals surface area (Å²) in [5, 5.41) is 8.17. The van der Waals surface area contributed by atoms with Crippen molar-refractivity contribution in [3.05, 3.63) is 306 Å². The van der Waals surface area contributed by atoms with Gasteiger partial charge in [0.05, 0.1) is 33.1 Å². The van der Waals surface area contributed by atoms with E-state index in [-0.39, 0.29) is 0 Å². The maximum Gasteiger partial charge on any atom is 0.0541 e. The highest BCUT2D eigenvalue weighted by Gasteiger charge is 2.20. The Labute approximate surface area is 625 Å². The number of fused-ring (bicyclic) bond motifs is 9. The van der Waals surface area contributed by atoms with Crippen molar-refractivity contribution < 1.29 is 0 Å². The zero-order valence-corrected chi connectivity index (χ0v) is 64.5. The van der Waals surface area contributed by atoms with Crippen LogP contribution in [-0.4, -0.2) is 34.8 Å². The number of unbranched alkanes of at least 4 members (excludes halogenated alkanes) is 2. The molecule has 0 bridgehead atoms.